The molecule has 2 aromatic carbocycles. The normalized spacial score (nSPS) is 11.8. The van der Waals surface area contributed by atoms with Crippen molar-refractivity contribution in [1.82, 2.24) is 0 Å². The number of hydrogen-bond donors (Lipinski definition) is 1. The van der Waals surface area contributed by atoms with Crippen LogP contribution in [0.4, 0.5) is 5.69 Å². The number of anilines is 1. The first-order chi connectivity index (χ1) is 9.24. The van der Waals surface area contributed by atoms with Gasteiger partial charge in [0.25, 0.3) is 0 Å². The Hall–Kier alpha value is -1.58. The van der Waals surface area contributed by atoms with Crippen molar-refractivity contribution in [3.05, 3.63) is 69.7 Å². The summed E-state index contributed by atoms with van der Waals surface area (Å²) in [4.78, 5) is 0. The summed E-state index contributed by atoms with van der Waals surface area (Å²) in [5.74, 6) is 0. The van der Waals surface area contributed by atoms with Crippen LogP contribution in [0.1, 0.15) is 5.56 Å². The van der Waals surface area contributed by atoms with Gasteiger partial charge in [0.1, 0.15) is 0 Å². The molecule has 0 fully saturated rings. The molecule has 0 aromatic heterocycles. The average Bonchev–Trinajstić information content (AvgIpc) is 2.40. The molecule has 19 heavy (non-hydrogen) atoms. The zero-order chi connectivity index (χ0) is 13.5. The number of halogens is 2. The minimum absolute atomic E-state index is 0.680. The predicted octanol–water partition coefficient (Wildman–Crippen LogP) is 5.17. The Kier molecular flexibility index (Phi) is 5.19. The van der Waals surface area contributed by atoms with Crippen LogP contribution in [0.15, 0.2) is 64.2 Å². The first-order valence-electron chi connectivity index (χ1n) is 5.71. The van der Waals surface area contributed by atoms with Gasteiger partial charge in [-0.2, -0.15) is 5.10 Å². The van der Waals surface area contributed by atoms with Crippen molar-refractivity contribution in [3.63, 3.8) is 0 Å². The second-order valence-electron chi connectivity index (χ2n) is 3.82. The molecule has 4 heteroatoms. The molecule has 0 aliphatic rings. The molecular weight excluding hydrogens is 324 g/mol. The van der Waals surface area contributed by atoms with E-state index in [1.807, 2.05) is 60.7 Å². The van der Waals surface area contributed by atoms with E-state index in [0.29, 0.717) is 5.02 Å². The molecule has 0 amide bonds. The Balaban J connectivity index is 1.97. The van der Waals surface area contributed by atoms with Gasteiger partial charge in [0.05, 0.1) is 11.9 Å². The fourth-order valence-electron chi connectivity index (χ4n) is 1.47. The van der Waals surface area contributed by atoms with E-state index >= 15 is 0 Å². The van der Waals surface area contributed by atoms with E-state index in [1.54, 1.807) is 6.21 Å². The molecule has 0 spiro atoms. The quantitative estimate of drug-likeness (QED) is 0.604. The summed E-state index contributed by atoms with van der Waals surface area (Å²) in [6, 6.07) is 17.4. The van der Waals surface area contributed by atoms with Crippen molar-refractivity contribution in [2.24, 2.45) is 5.10 Å². The van der Waals surface area contributed by atoms with Crippen LogP contribution < -0.4 is 5.43 Å². The molecule has 0 atom stereocenters. The number of allylic oxidation sites excluding steroid dienone is 1. The highest BCUT2D eigenvalue weighted by molar-refractivity contribution is 9.12. The van der Waals surface area contributed by atoms with Crippen molar-refractivity contribution in [2.75, 3.05) is 5.43 Å². The SMILES string of the molecule is Clc1cccc(N/N=C/C(Br)=C/c2ccccc2)c1. The van der Waals surface area contributed by atoms with Gasteiger partial charge in [0.15, 0.2) is 0 Å². The molecule has 0 heterocycles. The molecule has 2 rings (SSSR count). The third-order valence-electron chi connectivity index (χ3n) is 2.31. The predicted molar refractivity (Wildman–Crippen MR) is 86.9 cm³/mol. The van der Waals surface area contributed by atoms with Crippen LogP contribution in [0, 0.1) is 0 Å². The van der Waals surface area contributed by atoms with Gasteiger partial charge in [-0.3, -0.25) is 5.43 Å². The number of nitrogens with one attached hydrogen (secondary N) is 1. The molecule has 0 saturated carbocycles. The van der Waals surface area contributed by atoms with Gasteiger partial charge in [0.2, 0.25) is 0 Å². The molecular formula is C15H12BrClN2. The Morgan fingerprint density at radius 2 is 1.89 bits per heavy atom. The highest BCUT2D eigenvalue weighted by atomic mass is 79.9. The van der Waals surface area contributed by atoms with Gasteiger partial charge in [0, 0.05) is 9.51 Å². The summed E-state index contributed by atoms with van der Waals surface area (Å²) in [6.45, 7) is 0. The van der Waals surface area contributed by atoms with Crippen LogP contribution in [-0.4, -0.2) is 6.21 Å². The molecule has 2 nitrogen and oxygen atoms in total. The standard InChI is InChI=1S/C15H12BrClN2/c16-13(9-12-5-2-1-3-6-12)11-18-19-15-8-4-7-14(17)10-15/h1-11,19H/b13-9-,18-11+. The van der Waals surface area contributed by atoms with Crippen LogP contribution in [-0.2, 0) is 0 Å². The summed E-state index contributed by atoms with van der Waals surface area (Å²) in [5.41, 5.74) is 4.88. The van der Waals surface area contributed by atoms with Crippen molar-refractivity contribution >= 4 is 45.5 Å². The highest BCUT2D eigenvalue weighted by Gasteiger charge is 1.91. The first-order valence-corrected chi connectivity index (χ1v) is 6.88. The molecule has 0 radical (unpaired) electrons. The van der Waals surface area contributed by atoms with E-state index in [4.69, 9.17) is 11.6 Å². The second-order valence-corrected chi connectivity index (χ2v) is 5.17. The van der Waals surface area contributed by atoms with E-state index in [-0.39, 0.29) is 0 Å². The molecule has 1 N–H and O–H groups in total. The average molecular weight is 336 g/mol. The summed E-state index contributed by atoms with van der Waals surface area (Å²) < 4.78 is 0.883. The molecule has 0 bridgehead atoms. The maximum atomic E-state index is 5.88. The number of benzene rings is 2. The molecule has 96 valence electrons. The van der Waals surface area contributed by atoms with Crippen molar-refractivity contribution in [3.8, 4) is 0 Å². The van der Waals surface area contributed by atoms with Crippen LogP contribution in [0.5, 0.6) is 0 Å². The largest absolute Gasteiger partial charge is 0.278 e. The Morgan fingerprint density at radius 3 is 2.63 bits per heavy atom. The van der Waals surface area contributed by atoms with E-state index in [1.165, 1.54) is 0 Å². The van der Waals surface area contributed by atoms with E-state index < -0.39 is 0 Å². The summed E-state index contributed by atoms with van der Waals surface area (Å²) in [7, 11) is 0. The third-order valence-corrected chi connectivity index (χ3v) is 2.98. The minimum Gasteiger partial charge on any atom is -0.278 e. The Morgan fingerprint density at radius 1 is 1.11 bits per heavy atom. The maximum Gasteiger partial charge on any atom is 0.0614 e. The lowest BCUT2D eigenvalue weighted by Crippen LogP contribution is -1.88. The van der Waals surface area contributed by atoms with E-state index in [0.717, 1.165) is 15.7 Å². The molecule has 0 aliphatic heterocycles. The van der Waals surface area contributed by atoms with E-state index in [9.17, 15) is 0 Å². The Bertz CT molecular complexity index is 594. The summed E-state index contributed by atoms with van der Waals surface area (Å²) >= 11 is 9.33. The van der Waals surface area contributed by atoms with Crippen LogP contribution >= 0.6 is 27.5 Å². The molecule has 0 unspecified atom stereocenters. The van der Waals surface area contributed by atoms with Crippen molar-refractivity contribution < 1.29 is 0 Å². The van der Waals surface area contributed by atoms with Crippen molar-refractivity contribution in [2.45, 2.75) is 0 Å². The lowest BCUT2D eigenvalue weighted by atomic mass is 10.2. The Labute approximate surface area is 125 Å². The third kappa shape index (κ3) is 4.89. The topological polar surface area (TPSA) is 24.4 Å². The second kappa shape index (κ2) is 7.12. The lowest BCUT2D eigenvalue weighted by molar-refractivity contribution is 1.35. The molecule has 2 aromatic rings. The fourth-order valence-corrected chi connectivity index (χ4v) is 2.03. The zero-order valence-electron chi connectivity index (χ0n) is 10.1. The van der Waals surface area contributed by atoms with Crippen molar-refractivity contribution in [1.29, 1.82) is 0 Å². The number of hydrogen-bond acceptors (Lipinski definition) is 2. The van der Waals surface area contributed by atoms with Gasteiger partial charge in [-0.15, -0.1) is 0 Å². The van der Waals surface area contributed by atoms with Crippen LogP contribution in [0.2, 0.25) is 5.02 Å². The number of nitrogens with zero attached hydrogens (tertiary/aromatic N) is 1. The monoisotopic (exact) mass is 334 g/mol. The van der Waals surface area contributed by atoms with Crippen LogP contribution in [0.25, 0.3) is 6.08 Å². The van der Waals surface area contributed by atoms with Gasteiger partial charge in [-0.1, -0.05) is 48.0 Å². The first kappa shape index (κ1) is 13.8. The lowest BCUT2D eigenvalue weighted by Gasteiger charge is -1.99. The van der Waals surface area contributed by atoms with Gasteiger partial charge >= 0.3 is 0 Å². The highest BCUT2D eigenvalue weighted by Crippen LogP contribution is 2.15. The maximum absolute atomic E-state index is 5.88. The molecule has 0 aliphatic carbocycles. The zero-order valence-corrected chi connectivity index (χ0v) is 12.4. The fraction of sp³-hybridized carbons (Fsp3) is 0. The molecule has 0 saturated heterocycles. The van der Waals surface area contributed by atoms with E-state index in [2.05, 4.69) is 26.5 Å². The smallest absolute Gasteiger partial charge is 0.0614 e. The van der Waals surface area contributed by atoms with Gasteiger partial charge < -0.3 is 0 Å². The number of hydrazone groups is 1. The summed E-state index contributed by atoms with van der Waals surface area (Å²) in [6.07, 6.45) is 3.69. The number of rotatable bonds is 4. The van der Waals surface area contributed by atoms with Gasteiger partial charge in [-0.25, -0.2) is 0 Å². The summed E-state index contributed by atoms with van der Waals surface area (Å²) in [5, 5.41) is 4.81. The van der Waals surface area contributed by atoms with Gasteiger partial charge in [-0.05, 0) is 45.8 Å². The van der Waals surface area contributed by atoms with Crippen LogP contribution in [0.3, 0.4) is 0 Å². The minimum atomic E-state index is 0.680.